The van der Waals surface area contributed by atoms with Gasteiger partial charge >= 0.3 is 0 Å². The molecule has 1 atom stereocenters. The van der Waals surface area contributed by atoms with Crippen molar-refractivity contribution in [1.29, 1.82) is 0 Å². The minimum atomic E-state index is -0.326. The van der Waals surface area contributed by atoms with Crippen molar-refractivity contribution in [2.24, 2.45) is 0 Å². The van der Waals surface area contributed by atoms with E-state index >= 15 is 0 Å². The molecular formula is C19H22FN3O2. The van der Waals surface area contributed by atoms with Crippen molar-refractivity contribution in [3.8, 4) is 5.75 Å². The van der Waals surface area contributed by atoms with E-state index in [4.69, 9.17) is 4.74 Å². The van der Waals surface area contributed by atoms with Crippen LogP contribution in [0, 0.1) is 5.82 Å². The lowest BCUT2D eigenvalue weighted by molar-refractivity contribution is -0.134. The molecule has 1 saturated heterocycles. The quantitative estimate of drug-likeness (QED) is 0.837. The molecule has 132 valence electrons. The molecule has 0 saturated carbocycles. The Morgan fingerprint density at radius 2 is 2.08 bits per heavy atom. The van der Waals surface area contributed by atoms with Crippen molar-refractivity contribution in [3.05, 3.63) is 54.0 Å². The van der Waals surface area contributed by atoms with Crippen LogP contribution in [0.5, 0.6) is 5.75 Å². The van der Waals surface area contributed by atoms with E-state index in [9.17, 15) is 9.18 Å². The Morgan fingerprint density at radius 3 is 2.80 bits per heavy atom. The van der Waals surface area contributed by atoms with E-state index in [1.807, 2.05) is 36.0 Å². The summed E-state index contributed by atoms with van der Waals surface area (Å²) < 4.78 is 18.4. The summed E-state index contributed by atoms with van der Waals surface area (Å²) in [7, 11) is 3.89. The third-order valence-corrected chi connectivity index (χ3v) is 4.36. The molecule has 0 spiro atoms. The van der Waals surface area contributed by atoms with Gasteiger partial charge < -0.3 is 14.5 Å². The number of likely N-dealkylation sites (tertiary alicyclic amines) is 1. The highest BCUT2D eigenvalue weighted by molar-refractivity contribution is 5.78. The number of benzene rings is 1. The molecule has 0 radical (unpaired) electrons. The fourth-order valence-electron chi connectivity index (χ4n) is 3.06. The molecule has 1 aliphatic rings. The minimum Gasteiger partial charge on any atom is -0.484 e. The van der Waals surface area contributed by atoms with Gasteiger partial charge in [-0.2, -0.15) is 0 Å². The Hall–Kier alpha value is -2.63. The van der Waals surface area contributed by atoms with Gasteiger partial charge in [-0.1, -0.05) is 0 Å². The number of hydrogen-bond acceptors (Lipinski definition) is 4. The standard InChI is InChI=1S/C19H22FN3O2/c1-22(2)18-12-14(9-10-21-18)17-4-3-11-23(17)19(24)13-25-16-7-5-15(20)6-8-16/h5-10,12,17H,3-4,11,13H2,1-2H3/t17-/m1/s1. The summed E-state index contributed by atoms with van der Waals surface area (Å²) in [6.07, 6.45) is 3.67. The topological polar surface area (TPSA) is 45.7 Å². The second kappa shape index (κ2) is 7.51. The van der Waals surface area contributed by atoms with Crippen molar-refractivity contribution < 1.29 is 13.9 Å². The number of nitrogens with zero attached hydrogens (tertiary/aromatic N) is 3. The Kier molecular flexibility index (Phi) is 5.16. The van der Waals surface area contributed by atoms with Gasteiger partial charge in [-0.15, -0.1) is 0 Å². The van der Waals surface area contributed by atoms with Crippen molar-refractivity contribution in [2.75, 3.05) is 32.1 Å². The first-order chi connectivity index (χ1) is 12.0. The largest absolute Gasteiger partial charge is 0.484 e. The van der Waals surface area contributed by atoms with Crippen LogP contribution in [0.25, 0.3) is 0 Å². The SMILES string of the molecule is CN(C)c1cc([C@H]2CCCN2C(=O)COc2ccc(F)cc2)ccn1. The summed E-state index contributed by atoms with van der Waals surface area (Å²) in [5.74, 6) is 0.978. The normalized spacial score (nSPS) is 16.8. The van der Waals surface area contributed by atoms with Gasteiger partial charge in [0.15, 0.2) is 6.61 Å². The predicted molar refractivity (Wildman–Crippen MR) is 94.1 cm³/mol. The van der Waals surface area contributed by atoms with Crippen LogP contribution >= 0.6 is 0 Å². The second-order valence-corrected chi connectivity index (χ2v) is 6.33. The third-order valence-electron chi connectivity index (χ3n) is 4.36. The number of carbonyl (C=O) groups is 1. The van der Waals surface area contributed by atoms with Crippen LogP contribution in [0.1, 0.15) is 24.4 Å². The smallest absolute Gasteiger partial charge is 0.261 e. The lowest BCUT2D eigenvalue weighted by Gasteiger charge is -2.26. The molecule has 1 aromatic heterocycles. The Balaban J connectivity index is 1.67. The van der Waals surface area contributed by atoms with Gasteiger partial charge in [0.2, 0.25) is 0 Å². The molecule has 2 aromatic rings. The zero-order valence-corrected chi connectivity index (χ0v) is 14.5. The van der Waals surface area contributed by atoms with Crippen molar-refractivity contribution >= 4 is 11.7 Å². The molecule has 1 amide bonds. The highest BCUT2D eigenvalue weighted by Crippen LogP contribution is 2.33. The highest BCUT2D eigenvalue weighted by Gasteiger charge is 2.30. The number of ether oxygens (including phenoxy) is 1. The van der Waals surface area contributed by atoms with Crippen LogP contribution in [-0.2, 0) is 4.79 Å². The summed E-state index contributed by atoms with van der Waals surface area (Å²) in [5.41, 5.74) is 1.09. The highest BCUT2D eigenvalue weighted by atomic mass is 19.1. The summed E-state index contributed by atoms with van der Waals surface area (Å²) in [5, 5.41) is 0. The number of rotatable bonds is 5. The van der Waals surface area contributed by atoms with Crippen molar-refractivity contribution in [1.82, 2.24) is 9.88 Å². The summed E-state index contributed by atoms with van der Waals surface area (Å²) in [6, 6.07) is 9.72. The molecule has 0 aliphatic carbocycles. The van der Waals surface area contributed by atoms with Crippen LogP contribution in [-0.4, -0.2) is 43.0 Å². The molecule has 25 heavy (non-hydrogen) atoms. The molecule has 0 bridgehead atoms. The lowest BCUT2D eigenvalue weighted by Crippen LogP contribution is -2.34. The number of amides is 1. The number of halogens is 1. The van der Waals surface area contributed by atoms with E-state index in [-0.39, 0.29) is 24.4 Å². The molecule has 1 aliphatic heterocycles. The van der Waals surface area contributed by atoms with Gasteiger partial charge in [-0.25, -0.2) is 9.37 Å². The average molecular weight is 343 g/mol. The monoisotopic (exact) mass is 343 g/mol. The third kappa shape index (κ3) is 4.07. The summed E-state index contributed by atoms with van der Waals surface area (Å²) in [6.45, 7) is 0.670. The maximum atomic E-state index is 12.9. The van der Waals surface area contributed by atoms with Crippen molar-refractivity contribution in [2.45, 2.75) is 18.9 Å². The molecule has 2 heterocycles. The minimum absolute atomic E-state index is 0.0472. The van der Waals surface area contributed by atoms with Crippen LogP contribution in [0.3, 0.4) is 0 Å². The Morgan fingerprint density at radius 1 is 1.32 bits per heavy atom. The number of hydrogen-bond donors (Lipinski definition) is 0. The predicted octanol–water partition coefficient (Wildman–Crippen LogP) is 3.03. The Bertz CT molecular complexity index is 734. The molecule has 3 rings (SSSR count). The first kappa shape index (κ1) is 17.2. The molecule has 5 nitrogen and oxygen atoms in total. The summed E-state index contributed by atoms with van der Waals surface area (Å²) >= 11 is 0. The van der Waals surface area contributed by atoms with E-state index in [0.29, 0.717) is 5.75 Å². The maximum absolute atomic E-state index is 12.9. The summed E-state index contributed by atoms with van der Waals surface area (Å²) in [4.78, 5) is 20.7. The molecule has 6 heteroatoms. The van der Waals surface area contributed by atoms with Gasteiger partial charge in [0, 0.05) is 26.8 Å². The maximum Gasteiger partial charge on any atom is 0.261 e. The van der Waals surface area contributed by atoms with Gasteiger partial charge in [0.05, 0.1) is 6.04 Å². The van der Waals surface area contributed by atoms with Gasteiger partial charge in [-0.05, 0) is 54.8 Å². The van der Waals surface area contributed by atoms with Crippen molar-refractivity contribution in [3.63, 3.8) is 0 Å². The van der Waals surface area contributed by atoms with Crippen LogP contribution in [0.2, 0.25) is 0 Å². The van der Waals surface area contributed by atoms with E-state index in [0.717, 1.165) is 30.8 Å². The zero-order chi connectivity index (χ0) is 17.8. The van der Waals surface area contributed by atoms with Gasteiger partial charge in [0.1, 0.15) is 17.4 Å². The second-order valence-electron chi connectivity index (χ2n) is 6.33. The zero-order valence-electron chi connectivity index (χ0n) is 14.5. The van der Waals surface area contributed by atoms with E-state index in [2.05, 4.69) is 4.98 Å². The van der Waals surface area contributed by atoms with Crippen LogP contribution in [0.15, 0.2) is 42.6 Å². The van der Waals surface area contributed by atoms with Crippen LogP contribution in [0.4, 0.5) is 10.2 Å². The molecule has 1 aromatic carbocycles. The fraction of sp³-hybridized carbons (Fsp3) is 0.368. The average Bonchev–Trinajstić information content (AvgIpc) is 3.11. The Labute approximate surface area is 147 Å². The molecule has 0 unspecified atom stereocenters. The molecular weight excluding hydrogens is 321 g/mol. The molecule has 0 N–H and O–H groups in total. The first-order valence-corrected chi connectivity index (χ1v) is 8.35. The number of aromatic nitrogens is 1. The van der Waals surface area contributed by atoms with Crippen LogP contribution < -0.4 is 9.64 Å². The number of anilines is 1. The lowest BCUT2D eigenvalue weighted by atomic mass is 10.1. The van der Waals surface area contributed by atoms with Gasteiger partial charge in [-0.3, -0.25) is 4.79 Å². The number of pyridine rings is 1. The van der Waals surface area contributed by atoms with E-state index < -0.39 is 0 Å². The van der Waals surface area contributed by atoms with E-state index in [1.165, 1.54) is 24.3 Å². The van der Waals surface area contributed by atoms with E-state index in [1.54, 1.807) is 6.20 Å². The van der Waals surface area contributed by atoms with Gasteiger partial charge in [0.25, 0.3) is 5.91 Å². The molecule has 1 fully saturated rings. The number of carbonyl (C=O) groups excluding carboxylic acids is 1. The fourth-order valence-corrected chi connectivity index (χ4v) is 3.06. The first-order valence-electron chi connectivity index (χ1n) is 8.35.